The standard InChI is InChI=1S/C15H27N3/c1-7-13(5)18(6)15-14(10-16-8-2)11(3)9-12(4)17-15/h9,13,16H,7-8,10H2,1-6H3. The molecule has 0 aliphatic rings. The molecule has 3 nitrogen and oxygen atoms in total. The van der Waals surface area contributed by atoms with Gasteiger partial charge >= 0.3 is 0 Å². The molecule has 0 spiro atoms. The van der Waals surface area contributed by atoms with Gasteiger partial charge in [0.2, 0.25) is 0 Å². The molecular formula is C15H27N3. The molecule has 0 aliphatic heterocycles. The maximum Gasteiger partial charge on any atom is 0.133 e. The first-order valence-electron chi connectivity index (χ1n) is 6.91. The molecule has 1 aromatic heterocycles. The van der Waals surface area contributed by atoms with Gasteiger partial charge in [0.25, 0.3) is 0 Å². The molecule has 1 atom stereocenters. The number of hydrogen-bond donors (Lipinski definition) is 1. The van der Waals surface area contributed by atoms with Crippen LogP contribution in [0.4, 0.5) is 5.82 Å². The number of anilines is 1. The highest BCUT2D eigenvalue weighted by Gasteiger charge is 2.15. The van der Waals surface area contributed by atoms with Gasteiger partial charge in [-0.3, -0.25) is 0 Å². The SMILES string of the molecule is CCNCc1c(C)cc(C)nc1N(C)C(C)CC. The van der Waals surface area contributed by atoms with Crippen molar-refractivity contribution < 1.29 is 0 Å². The third-order valence-corrected chi connectivity index (χ3v) is 3.59. The lowest BCUT2D eigenvalue weighted by Crippen LogP contribution is -2.31. The molecule has 0 fully saturated rings. The highest BCUT2D eigenvalue weighted by atomic mass is 15.2. The van der Waals surface area contributed by atoms with Crippen LogP contribution in [0.1, 0.15) is 44.0 Å². The zero-order valence-electron chi connectivity index (χ0n) is 12.7. The van der Waals surface area contributed by atoms with Gasteiger partial charge in [0.1, 0.15) is 5.82 Å². The minimum absolute atomic E-state index is 0.513. The van der Waals surface area contributed by atoms with E-state index >= 15 is 0 Å². The van der Waals surface area contributed by atoms with Gasteiger partial charge in [-0.15, -0.1) is 0 Å². The molecule has 0 aliphatic carbocycles. The van der Waals surface area contributed by atoms with Gasteiger partial charge < -0.3 is 10.2 Å². The number of rotatable bonds is 6. The molecule has 1 rings (SSSR count). The van der Waals surface area contributed by atoms with Crippen LogP contribution in [0.15, 0.2) is 6.07 Å². The second kappa shape index (κ2) is 6.74. The first-order valence-corrected chi connectivity index (χ1v) is 6.91. The minimum atomic E-state index is 0.513. The van der Waals surface area contributed by atoms with Crippen molar-refractivity contribution in [2.45, 2.75) is 53.6 Å². The predicted octanol–water partition coefficient (Wildman–Crippen LogP) is 3.04. The molecule has 0 aromatic carbocycles. The van der Waals surface area contributed by atoms with Crippen LogP contribution < -0.4 is 10.2 Å². The number of aryl methyl sites for hydroxylation is 2. The summed E-state index contributed by atoms with van der Waals surface area (Å²) in [4.78, 5) is 7.04. The van der Waals surface area contributed by atoms with Crippen molar-refractivity contribution in [3.8, 4) is 0 Å². The Bertz CT molecular complexity index is 388. The van der Waals surface area contributed by atoms with E-state index < -0.39 is 0 Å². The molecule has 0 saturated heterocycles. The molecule has 0 radical (unpaired) electrons. The smallest absolute Gasteiger partial charge is 0.133 e. The van der Waals surface area contributed by atoms with Crippen molar-refractivity contribution in [2.24, 2.45) is 0 Å². The third-order valence-electron chi connectivity index (χ3n) is 3.59. The van der Waals surface area contributed by atoms with Crippen molar-refractivity contribution in [3.63, 3.8) is 0 Å². The van der Waals surface area contributed by atoms with Gasteiger partial charge in [-0.05, 0) is 45.4 Å². The molecule has 1 aromatic rings. The van der Waals surface area contributed by atoms with E-state index in [0.29, 0.717) is 6.04 Å². The molecule has 1 unspecified atom stereocenters. The van der Waals surface area contributed by atoms with Crippen molar-refractivity contribution in [2.75, 3.05) is 18.5 Å². The van der Waals surface area contributed by atoms with Crippen LogP contribution in [0.5, 0.6) is 0 Å². The summed E-state index contributed by atoms with van der Waals surface area (Å²) in [6.07, 6.45) is 1.13. The lowest BCUT2D eigenvalue weighted by molar-refractivity contribution is 0.645. The Kier molecular flexibility index (Phi) is 5.60. The topological polar surface area (TPSA) is 28.2 Å². The van der Waals surface area contributed by atoms with Crippen molar-refractivity contribution in [1.29, 1.82) is 0 Å². The van der Waals surface area contributed by atoms with Crippen LogP contribution in [0.25, 0.3) is 0 Å². The summed E-state index contributed by atoms with van der Waals surface area (Å²) < 4.78 is 0. The van der Waals surface area contributed by atoms with Crippen LogP contribution >= 0.6 is 0 Å². The summed E-state index contributed by atoms with van der Waals surface area (Å²) >= 11 is 0. The lowest BCUT2D eigenvalue weighted by atomic mass is 10.1. The zero-order chi connectivity index (χ0) is 13.7. The molecule has 3 heteroatoms. The summed E-state index contributed by atoms with van der Waals surface area (Å²) in [5.41, 5.74) is 3.75. The molecule has 0 saturated carbocycles. The summed E-state index contributed by atoms with van der Waals surface area (Å²) in [7, 11) is 2.14. The monoisotopic (exact) mass is 249 g/mol. The quantitative estimate of drug-likeness (QED) is 0.840. The Morgan fingerprint density at radius 2 is 2.00 bits per heavy atom. The second-order valence-corrected chi connectivity index (χ2v) is 5.03. The van der Waals surface area contributed by atoms with Crippen molar-refractivity contribution in [1.82, 2.24) is 10.3 Å². The van der Waals surface area contributed by atoms with Gasteiger partial charge in [0.15, 0.2) is 0 Å². The normalized spacial score (nSPS) is 12.6. The van der Waals surface area contributed by atoms with Crippen molar-refractivity contribution >= 4 is 5.82 Å². The summed E-state index contributed by atoms with van der Waals surface area (Å²) in [5.74, 6) is 1.13. The highest BCUT2D eigenvalue weighted by molar-refractivity contribution is 5.51. The fraction of sp³-hybridized carbons (Fsp3) is 0.667. The van der Waals surface area contributed by atoms with E-state index in [2.05, 4.69) is 57.9 Å². The Morgan fingerprint density at radius 1 is 1.33 bits per heavy atom. The average Bonchev–Trinajstić information content (AvgIpc) is 2.35. The average molecular weight is 249 g/mol. The molecule has 1 heterocycles. The fourth-order valence-corrected chi connectivity index (χ4v) is 2.09. The Hall–Kier alpha value is -1.09. The van der Waals surface area contributed by atoms with E-state index in [1.807, 2.05) is 0 Å². The summed E-state index contributed by atoms with van der Waals surface area (Å²) in [6, 6.07) is 2.68. The molecular weight excluding hydrogens is 222 g/mol. The number of nitrogens with one attached hydrogen (secondary N) is 1. The zero-order valence-corrected chi connectivity index (χ0v) is 12.7. The Balaban J connectivity index is 3.13. The van der Waals surface area contributed by atoms with E-state index in [4.69, 9.17) is 4.98 Å². The molecule has 0 bridgehead atoms. The number of nitrogens with zero attached hydrogens (tertiary/aromatic N) is 2. The van der Waals surface area contributed by atoms with E-state index in [0.717, 1.165) is 31.0 Å². The van der Waals surface area contributed by atoms with E-state index in [9.17, 15) is 0 Å². The maximum atomic E-state index is 4.74. The van der Waals surface area contributed by atoms with Crippen LogP contribution in [0.2, 0.25) is 0 Å². The minimum Gasteiger partial charge on any atom is -0.357 e. The maximum absolute atomic E-state index is 4.74. The van der Waals surface area contributed by atoms with Gasteiger partial charge in [-0.25, -0.2) is 4.98 Å². The third kappa shape index (κ3) is 3.45. The number of hydrogen-bond acceptors (Lipinski definition) is 3. The number of pyridine rings is 1. The van der Waals surface area contributed by atoms with Gasteiger partial charge in [0, 0.05) is 30.9 Å². The largest absolute Gasteiger partial charge is 0.357 e. The van der Waals surface area contributed by atoms with E-state index in [-0.39, 0.29) is 0 Å². The highest BCUT2D eigenvalue weighted by Crippen LogP contribution is 2.23. The van der Waals surface area contributed by atoms with E-state index in [1.54, 1.807) is 0 Å². The molecule has 102 valence electrons. The fourth-order valence-electron chi connectivity index (χ4n) is 2.09. The molecule has 0 amide bonds. The summed E-state index contributed by atoms with van der Waals surface area (Å²) in [6.45, 7) is 12.7. The van der Waals surface area contributed by atoms with Crippen LogP contribution in [0.3, 0.4) is 0 Å². The molecule has 1 N–H and O–H groups in total. The summed E-state index contributed by atoms with van der Waals surface area (Å²) in [5, 5.41) is 3.41. The van der Waals surface area contributed by atoms with E-state index in [1.165, 1.54) is 11.1 Å². The van der Waals surface area contributed by atoms with Crippen LogP contribution in [-0.2, 0) is 6.54 Å². The first-order chi connectivity index (χ1) is 8.51. The predicted molar refractivity (Wildman–Crippen MR) is 79.2 cm³/mol. The number of aromatic nitrogens is 1. The Morgan fingerprint density at radius 3 is 2.56 bits per heavy atom. The van der Waals surface area contributed by atoms with Gasteiger partial charge in [0.05, 0.1) is 0 Å². The van der Waals surface area contributed by atoms with Gasteiger partial charge in [-0.2, -0.15) is 0 Å². The Labute approximate surface area is 112 Å². The first kappa shape index (κ1) is 15.0. The van der Waals surface area contributed by atoms with Gasteiger partial charge in [-0.1, -0.05) is 13.8 Å². The van der Waals surface area contributed by atoms with Crippen LogP contribution in [0, 0.1) is 13.8 Å². The van der Waals surface area contributed by atoms with Crippen molar-refractivity contribution in [3.05, 3.63) is 22.9 Å². The second-order valence-electron chi connectivity index (χ2n) is 5.03. The molecule has 18 heavy (non-hydrogen) atoms. The van der Waals surface area contributed by atoms with Crippen LogP contribution in [-0.4, -0.2) is 24.6 Å². The lowest BCUT2D eigenvalue weighted by Gasteiger charge is -2.28.